The number of hydrogen-bond acceptors (Lipinski definition) is 5. The number of phenols is 2. The van der Waals surface area contributed by atoms with Crippen LogP contribution in [0.4, 0.5) is 11.4 Å². The van der Waals surface area contributed by atoms with Crippen LogP contribution in [-0.4, -0.2) is 15.9 Å². The van der Waals surface area contributed by atoms with Crippen LogP contribution in [0.3, 0.4) is 0 Å². The van der Waals surface area contributed by atoms with Crippen LogP contribution in [0.2, 0.25) is 0 Å². The quantitative estimate of drug-likeness (QED) is 0.245. The van der Waals surface area contributed by atoms with Gasteiger partial charge in [-0.3, -0.25) is 4.99 Å². The smallest absolute Gasteiger partial charge is 0.115 e. The standard InChI is InChI=1S/C35H29N3O2/c36-22-34-33-21-30(37-28-11-1-23(2-12-28)25-6-16-31(39)17-7-25)15-5-27(33)10-20-35(34)38-29-13-3-24(4-14-29)26-8-18-32(40)19-9-26/h1-4,6-9,11-14,16-19,21,27,37,39-40H,5,10,15,20H2/b38-35+. The molecule has 0 aromatic heterocycles. The third-order valence-electron chi connectivity index (χ3n) is 7.67. The lowest BCUT2D eigenvalue weighted by Gasteiger charge is -2.30. The molecule has 1 unspecified atom stereocenters. The topological polar surface area (TPSA) is 88.6 Å². The summed E-state index contributed by atoms with van der Waals surface area (Å²) >= 11 is 0. The number of aliphatic imine (C=N–C) groups is 1. The Hall–Kier alpha value is -5.08. The molecule has 5 heteroatoms. The summed E-state index contributed by atoms with van der Waals surface area (Å²) in [7, 11) is 0. The average molecular weight is 524 g/mol. The maximum atomic E-state index is 10.2. The van der Waals surface area contributed by atoms with Gasteiger partial charge in [0.05, 0.1) is 17.0 Å². The fourth-order valence-electron chi connectivity index (χ4n) is 5.50. The number of allylic oxidation sites excluding steroid dienone is 4. The summed E-state index contributed by atoms with van der Waals surface area (Å²) in [6, 6.07) is 33.1. The molecule has 0 spiro atoms. The Bertz CT molecular complexity index is 1660. The molecule has 0 amide bonds. The van der Waals surface area contributed by atoms with Gasteiger partial charge in [-0.25, -0.2) is 0 Å². The second-order valence-corrected chi connectivity index (χ2v) is 10.3. The van der Waals surface area contributed by atoms with Crippen LogP contribution in [-0.2, 0) is 0 Å². The first-order valence-corrected chi connectivity index (χ1v) is 13.5. The molecule has 0 aliphatic heterocycles. The molecular formula is C35H29N3O2. The zero-order chi connectivity index (χ0) is 27.5. The van der Waals surface area contributed by atoms with Gasteiger partial charge in [-0.15, -0.1) is 0 Å². The molecule has 1 atom stereocenters. The van der Waals surface area contributed by atoms with Gasteiger partial charge in [0, 0.05) is 11.4 Å². The number of hydrogen-bond donors (Lipinski definition) is 3. The van der Waals surface area contributed by atoms with E-state index in [1.807, 2.05) is 48.5 Å². The lowest BCUT2D eigenvalue weighted by Crippen LogP contribution is -2.22. The first kappa shape index (κ1) is 25.2. The molecule has 2 aliphatic carbocycles. The van der Waals surface area contributed by atoms with Crippen molar-refractivity contribution in [3.05, 3.63) is 120 Å². The zero-order valence-corrected chi connectivity index (χ0v) is 22.0. The number of nitrogens with one attached hydrogen (secondary N) is 1. The minimum atomic E-state index is 0.248. The van der Waals surface area contributed by atoms with Crippen molar-refractivity contribution in [1.29, 1.82) is 5.26 Å². The van der Waals surface area contributed by atoms with Crippen LogP contribution in [0.25, 0.3) is 22.3 Å². The number of nitrogens with zero attached hydrogens (tertiary/aromatic N) is 2. The van der Waals surface area contributed by atoms with Crippen LogP contribution in [0, 0.1) is 17.2 Å². The molecule has 4 aromatic rings. The van der Waals surface area contributed by atoms with Crippen molar-refractivity contribution in [1.82, 2.24) is 0 Å². The maximum absolute atomic E-state index is 10.2. The van der Waals surface area contributed by atoms with E-state index in [2.05, 4.69) is 41.7 Å². The fourth-order valence-corrected chi connectivity index (χ4v) is 5.50. The predicted molar refractivity (Wildman–Crippen MR) is 160 cm³/mol. The summed E-state index contributed by atoms with van der Waals surface area (Å²) in [5.74, 6) is 0.890. The van der Waals surface area contributed by atoms with Crippen molar-refractivity contribution >= 4 is 17.1 Å². The molecule has 4 aromatic carbocycles. The number of rotatable bonds is 5. The van der Waals surface area contributed by atoms with Crippen molar-refractivity contribution in [2.75, 3.05) is 5.32 Å². The monoisotopic (exact) mass is 523 g/mol. The van der Waals surface area contributed by atoms with Crippen molar-refractivity contribution in [2.45, 2.75) is 25.7 Å². The normalized spacial score (nSPS) is 17.6. The van der Waals surface area contributed by atoms with E-state index < -0.39 is 0 Å². The Morgan fingerprint density at radius 1 is 0.675 bits per heavy atom. The minimum Gasteiger partial charge on any atom is -0.508 e. The summed E-state index contributed by atoms with van der Waals surface area (Å²) in [4.78, 5) is 4.89. The number of nitriles is 1. The molecule has 0 bridgehead atoms. The van der Waals surface area contributed by atoms with Gasteiger partial charge in [0.2, 0.25) is 0 Å². The highest BCUT2D eigenvalue weighted by Crippen LogP contribution is 2.39. The van der Waals surface area contributed by atoms with Crippen LogP contribution in [0.15, 0.2) is 125 Å². The molecule has 0 saturated carbocycles. The first-order valence-electron chi connectivity index (χ1n) is 13.5. The van der Waals surface area contributed by atoms with E-state index in [1.54, 1.807) is 24.3 Å². The zero-order valence-electron chi connectivity index (χ0n) is 22.0. The first-order chi connectivity index (χ1) is 19.6. The van der Waals surface area contributed by atoms with Gasteiger partial charge >= 0.3 is 0 Å². The molecule has 0 heterocycles. The molecule has 0 fully saturated rings. The molecule has 6 rings (SSSR count). The van der Waals surface area contributed by atoms with E-state index in [0.29, 0.717) is 11.5 Å². The highest BCUT2D eigenvalue weighted by Gasteiger charge is 2.29. The van der Waals surface area contributed by atoms with Crippen molar-refractivity contribution in [3.8, 4) is 39.8 Å². The lowest BCUT2D eigenvalue weighted by atomic mass is 9.76. The van der Waals surface area contributed by atoms with E-state index in [4.69, 9.17) is 4.99 Å². The van der Waals surface area contributed by atoms with E-state index in [1.165, 1.54) is 0 Å². The Labute approximate surface area is 234 Å². The van der Waals surface area contributed by atoms with Crippen LogP contribution < -0.4 is 5.32 Å². The van der Waals surface area contributed by atoms with E-state index in [-0.39, 0.29) is 11.5 Å². The van der Waals surface area contributed by atoms with Gasteiger partial charge in [0.1, 0.15) is 17.6 Å². The number of benzene rings is 4. The Morgan fingerprint density at radius 2 is 1.18 bits per heavy atom. The second-order valence-electron chi connectivity index (χ2n) is 10.3. The van der Waals surface area contributed by atoms with Crippen molar-refractivity contribution in [2.24, 2.45) is 10.9 Å². The predicted octanol–water partition coefficient (Wildman–Crippen LogP) is 8.52. The van der Waals surface area contributed by atoms with Crippen LogP contribution in [0.5, 0.6) is 11.5 Å². The van der Waals surface area contributed by atoms with Gasteiger partial charge in [0.15, 0.2) is 0 Å². The number of fused-ring (bicyclic) bond motifs is 1. The van der Waals surface area contributed by atoms with Gasteiger partial charge in [0.25, 0.3) is 0 Å². The Morgan fingerprint density at radius 3 is 1.73 bits per heavy atom. The summed E-state index contributed by atoms with van der Waals surface area (Å²) in [5, 5.41) is 32.8. The molecule has 2 aliphatic rings. The van der Waals surface area contributed by atoms with Gasteiger partial charge < -0.3 is 15.5 Å². The van der Waals surface area contributed by atoms with Crippen LogP contribution >= 0.6 is 0 Å². The minimum absolute atomic E-state index is 0.248. The highest BCUT2D eigenvalue weighted by molar-refractivity contribution is 6.06. The molecule has 0 saturated heterocycles. The maximum Gasteiger partial charge on any atom is 0.115 e. The molecule has 40 heavy (non-hydrogen) atoms. The van der Waals surface area contributed by atoms with Gasteiger partial charge in [-0.2, -0.15) is 5.26 Å². The molecular weight excluding hydrogens is 494 g/mol. The third kappa shape index (κ3) is 5.39. The van der Waals surface area contributed by atoms with Gasteiger partial charge in [-0.05, 0) is 114 Å². The summed E-state index contributed by atoms with van der Waals surface area (Å²) in [6.45, 7) is 0. The Balaban J connectivity index is 1.22. The van der Waals surface area contributed by atoms with E-state index in [9.17, 15) is 15.5 Å². The summed E-state index contributed by atoms with van der Waals surface area (Å²) in [5.41, 5.74) is 9.79. The molecule has 5 nitrogen and oxygen atoms in total. The molecule has 3 N–H and O–H groups in total. The fraction of sp³-hybridized carbons (Fsp3) is 0.143. The SMILES string of the molecule is N#CC1=C2C=C(Nc3ccc(-c4ccc(O)cc4)cc3)CCC2CC/C1=N\c1ccc(-c2ccc(O)cc2)cc1. The third-order valence-corrected chi connectivity index (χ3v) is 7.67. The van der Waals surface area contributed by atoms with Crippen molar-refractivity contribution < 1.29 is 10.2 Å². The average Bonchev–Trinajstić information content (AvgIpc) is 2.99. The lowest BCUT2D eigenvalue weighted by molar-refractivity contribution is 0.475. The highest BCUT2D eigenvalue weighted by atomic mass is 16.3. The second kappa shape index (κ2) is 11.0. The number of anilines is 1. The number of aromatic hydroxyl groups is 2. The van der Waals surface area contributed by atoms with Crippen LogP contribution in [0.1, 0.15) is 25.7 Å². The van der Waals surface area contributed by atoms with E-state index >= 15 is 0 Å². The Kier molecular flexibility index (Phi) is 6.91. The molecule has 196 valence electrons. The number of phenolic OH excluding ortho intramolecular Hbond substituents is 2. The summed E-state index contributed by atoms with van der Waals surface area (Å²) in [6.07, 6.45) is 5.91. The van der Waals surface area contributed by atoms with E-state index in [0.717, 1.165) is 76.3 Å². The summed E-state index contributed by atoms with van der Waals surface area (Å²) < 4.78 is 0. The van der Waals surface area contributed by atoms with Crippen molar-refractivity contribution in [3.63, 3.8) is 0 Å². The molecule has 0 radical (unpaired) electrons. The largest absolute Gasteiger partial charge is 0.508 e. The van der Waals surface area contributed by atoms with Gasteiger partial charge in [-0.1, -0.05) is 48.5 Å².